The molecule has 212 valence electrons. The Hall–Kier alpha value is -4.34. The van der Waals surface area contributed by atoms with E-state index in [4.69, 9.17) is 27.9 Å². The Bertz CT molecular complexity index is 1860. The molecule has 0 spiro atoms. The Morgan fingerprint density at radius 2 is 1.74 bits per heavy atom. The standard InChI is InChI=1S/C31H23Cl2F2N5O2/c1-42-31-37-28-21(17-23(33)26(27(28)35)20-9-4-6-18-7-5-10-22(32)25(18)20)29(38-31)39-12-14-40(15-13-39)30(41)24(34)16-19-8-2-3-11-36-19/h2-11,16-17H,12-15H2,1H3/b24-16-. The summed E-state index contributed by atoms with van der Waals surface area (Å²) in [4.78, 5) is 28.9. The summed E-state index contributed by atoms with van der Waals surface area (Å²) in [7, 11) is 1.40. The number of hydrogen-bond acceptors (Lipinski definition) is 6. The number of amides is 1. The summed E-state index contributed by atoms with van der Waals surface area (Å²) in [6, 6.07) is 17.6. The van der Waals surface area contributed by atoms with E-state index in [-0.39, 0.29) is 35.2 Å². The Morgan fingerprint density at radius 1 is 0.976 bits per heavy atom. The number of ether oxygens (including phenoxy) is 1. The molecule has 5 aromatic rings. The van der Waals surface area contributed by atoms with Gasteiger partial charge in [0.2, 0.25) is 0 Å². The third kappa shape index (κ3) is 5.10. The number of rotatable bonds is 5. The third-order valence-corrected chi connectivity index (χ3v) is 7.79. The molecule has 1 fully saturated rings. The highest BCUT2D eigenvalue weighted by molar-refractivity contribution is 6.38. The molecule has 0 aliphatic carbocycles. The lowest BCUT2D eigenvalue weighted by Crippen LogP contribution is -2.49. The van der Waals surface area contributed by atoms with Crippen molar-refractivity contribution in [2.75, 3.05) is 38.2 Å². The Kier molecular flexibility index (Phi) is 7.62. The maximum Gasteiger partial charge on any atom is 0.318 e. The van der Waals surface area contributed by atoms with Crippen molar-refractivity contribution < 1.29 is 18.3 Å². The van der Waals surface area contributed by atoms with Crippen molar-refractivity contribution >= 4 is 62.7 Å². The topological polar surface area (TPSA) is 71.5 Å². The molecule has 6 rings (SSSR count). The Morgan fingerprint density at radius 3 is 2.45 bits per heavy atom. The van der Waals surface area contributed by atoms with Crippen LogP contribution in [0.2, 0.25) is 10.0 Å². The van der Waals surface area contributed by atoms with Crippen LogP contribution in [0.1, 0.15) is 5.69 Å². The number of nitrogens with zero attached hydrogens (tertiary/aromatic N) is 5. The fraction of sp³-hybridized carbons (Fsp3) is 0.161. The fourth-order valence-corrected chi connectivity index (χ4v) is 5.75. The van der Waals surface area contributed by atoms with Gasteiger partial charge in [-0.2, -0.15) is 9.97 Å². The molecule has 11 heteroatoms. The lowest BCUT2D eigenvalue weighted by Gasteiger charge is -2.35. The van der Waals surface area contributed by atoms with Gasteiger partial charge in [0.25, 0.3) is 5.91 Å². The van der Waals surface area contributed by atoms with E-state index in [1.165, 1.54) is 18.2 Å². The fourth-order valence-electron chi connectivity index (χ4n) is 5.17. The van der Waals surface area contributed by atoms with Crippen LogP contribution < -0.4 is 9.64 Å². The quantitative estimate of drug-likeness (QED) is 0.202. The normalized spacial score (nSPS) is 14.1. The van der Waals surface area contributed by atoms with E-state index >= 15 is 4.39 Å². The average molecular weight is 606 g/mol. The van der Waals surface area contributed by atoms with Crippen molar-refractivity contribution in [2.45, 2.75) is 0 Å². The van der Waals surface area contributed by atoms with Crippen LogP contribution in [0.25, 0.3) is 38.9 Å². The van der Waals surface area contributed by atoms with Crippen molar-refractivity contribution in [3.63, 3.8) is 0 Å². The zero-order valence-corrected chi connectivity index (χ0v) is 23.8. The molecule has 2 aromatic heterocycles. The second-order valence-electron chi connectivity index (χ2n) is 9.65. The second kappa shape index (κ2) is 11.5. The summed E-state index contributed by atoms with van der Waals surface area (Å²) in [6.45, 7) is 1.08. The number of methoxy groups -OCH3 is 1. The molecule has 3 aromatic carbocycles. The summed E-state index contributed by atoms with van der Waals surface area (Å²) in [5.41, 5.74) is 1.09. The van der Waals surface area contributed by atoms with Gasteiger partial charge >= 0.3 is 6.01 Å². The summed E-state index contributed by atoms with van der Waals surface area (Å²) in [5.74, 6) is -1.86. The van der Waals surface area contributed by atoms with Crippen molar-refractivity contribution in [1.82, 2.24) is 19.9 Å². The highest BCUT2D eigenvalue weighted by Gasteiger charge is 2.28. The maximum atomic E-state index is 16.4. The van der Waals surface area contributed by atoms with Gasteiger partial charge in [-0.1, -0.05) is 59.6 Å². The van der Waals surface area contributed by atoms with Crippen molar-refractivity contribution in [3.05, 3.63) is 94.2 Å². The first kappa shape index (κ1) is 27.8. The van der Waals surface area contributed by atoms with Gasteiger partial charge in [-0.3, -0.25) is 9.78 Å². The number of aromatic nitrogens is 3. The molecule has 1 aliphatic heterocycles. The molecule has 0 saturated carbocycles. The van der Waals surface area contributed by atoms with Gasteiger partial charge in [-0.05, 0) is 35.2 Å². The molecule has 1 aliphatic rings. The van der Waals surface area contributed by atoms with E-state index in [1.54, 1.807) is 36.4 Å². The number of carbonyl (C=O) groups excluding carboxylic acids is 1. The highest BCUT2D eigenvalue weighted by Crippen LogP contribution is 2.42. The zero-order chi connectivity index (χ0) is 29.4. The molecular formula is C31H23Cl2F2N5O2. The maximum absolute atomic E-state index is 16.4. The van der Waals surface area contributed by atoms with Crippen LogP contribution in [0, 0.1) is 5.82 Å². The van der Waals surface area contributed by atoms with Gasteiger partial charge in [-0.15, -0.1) is 0 Å². The van der Waals surface area contributed by atoms with E-state index in [9.17, 15) is 9.18 Å². The number of benzene rings is 3. The second-order valence-corrected chi connectivity index (χ2v) is 10.5. The first-order valence-electron chi connectivity index (χ1n) is 13.1. The summed E-state index contributed by atoms with van der Waals surface area (Å²) in [6.07, 6.45) is 2.64. The van der Waals surface area contributed by atoms with E-state index < -0.39 is 17.6 Å². The summed E-state index contributed by atoms with van der Waals surface area (Å²) >= 11 is 13.3. The van der Waals surface area contributed by atoms with E-state index in [1.807, 2.05) is 29.2 Å². The van der Waals surface area contributed by atoms with Gasteiger partial charge in [0.05, 0.1) is 17.8 Å². The number of piperazine rings is 1. The molecule has 0 unspecified atom stereocenters. The molecule has 0 N–H and O–H groups in total. The molecule has 1 saturated heterocycles. The smallest absolute Gasteiger partial charge is 0.318 e. The van der Waals surface area contributed by atoms with E-state index in [2.05, 4.69) is 15.0 Å². The summed E-state index contributed by atoms with van der Waals surface area (Å²) in [5, 5.41) is 2.54. The van der Waals surface area contributed by atoms with E-state index in [0.717, 1.165) is 11.5 Å². The molecule has 1 amide bonds. The number of hydrogen-bond donors (Lipinski definition) is 0. The van der Waals surface area contributed by atoms with Crippen LogP contribution in [-0.4, -0.2) is 59.0 Å². The highest BCUT2D eigenvalue weighted by atomic mass is 35.5. The molecular weight excluding hydrogens is 583 g/mol. The monoisotopic (exact) mass is 605 g/mol. The predicted molar refractivity (Wildman–Crippen MR) is 161 cm³/mol. The Labute approximate surface area is 250 Å². The van der Waals surface area contributed by atoms with Crippen LogP contribution >= 0.6 is 23.2 Å². The van der Waals surface area contributed by atoms with Gasteiger partial charge in [0.1, 0.15) is 11.3 Å². The zero-order valence-electron chi connectivity index (χ0n) is 22.3. The average Bonchev–Trinajstić information content (AvgIpc) is 3.01. The number of carbonyl (C=O) groups is 1. The predicted octanol–water partition coefficient (Wildman–Crippen LogP) is 6.96. The number of fused-ring (bicyclic) bond motifs is 2. The van der Waals surface area contributed by atoms with Crippen molar-refractivity contribution in [1.29, 1.82) is 0 Å². The number of anilines is 1. The van der Waals surface area contributed by atoms with Crippen LogP contribution in [-0.2, 0) is 4.79 Å². The van der Waals surface area contributed by atoms with Crippen LogP contribution in [0.4, 0.5) is 14.6 Å². The molecule has 3 heterocycles. The largest absolute Gasteiger partial charge is 0.467 e. The molecule has 0 atom stereocenters. The minimum absolute atomic E-state index is 0.0246. The SMILES string of the molecule is COc1nc(N2CCN(C(=O)/C(F)=C/c3ccccn3)CC2)c2cc(Cl)c(-c3cccc4cccc(Cl)c34)c(F)c2n1. The minimum Gasteiger partial charge on any atom is -0.467 e. The van der Waals surface area contributed by atoms with Crippen molar-refractivity contribution in [2.24, 2.45) is 0 Å². The third-order valence-electron chi connectivity index (χ3n) is 7.18. The van der Waals surface area contributed by atoms with E-state index in [0.29, 0.717) is 46.0 Å². The van der Waals surface area contributed by atoms with Gasteiger partial charge in [0, 0.05) is 59.8 Å². The molecule has 7 nitrogen and oxygen atoms in total. The summed E-state index contributed by atoms with van der Waals surface area (Å²) < 4.78 is 36.4. The number of halogens is 4. The van der Waals surface area contributed by atoms with Crippen LogP contribution in [0.3, 0.4) is 0 Å². The molecule has 0 bridgehead atoms. The minimum atomic E-state index is -0.897. The first-order chi connectivity index (χ1) is 20.4. The molecule has 42 heavy (non-hydrogen) atoms. The van der Waals surface area contributed by atoms with Crippen molar-refractivity contribution in [3.8, 4) is 17.1 Å². The lowest BCUT2D eigenvalue weighted by molar-refractivity contribution is -0.128. The Balaban J connectivity index is 1.35. The van der Waals surface area contributed by atoms with Gasteiger partial charge in [-0.25, -0.2) is 8.78 Å². The van der Waals surface area contributed by atoms with Crippen LogP contribution in [0.5, 0.6) is 6.01 Å². The van der Waals surface area contributed by atoms with Crippen LogP contribution in [0.15, 0.2) is 72.7 Å². The molecule has 0 radical (unpaired) electrons. The lowest BCUT2D eigenvalue weighted by atomic mass is 9.96. The van der Waals surface area contributed by atoms with Gasteiger partial charge < -0.3 is 14.5 Å². The number of pyridine rings is 1. The van der Waals surface area contributed by atoms with Gasteiger partial charge in [0.15, 0.2) is 11.6 Å². The first-order valence-corrected chi connectivity index (χ1v) is 13.8.